The molecule has 10 nitrogen and oxygen atoms in total. The summed E-state index contributed by atoms with van der Waals surface area (Å²) in [6.07, 6.45) is 7.97. The number of hydrogen-bond acceptors (Lipinski definition) is 9. The summed E-state index contributed by atoms with van der Waals surface area (Å²) in [5.41, 5.74) is 3.04. The van der Waals surface area contributed by atoms with Crippen LogP contribution in [0.3, 0.4) is 0 Å². The zero-order valence-electron chi connectivity index (χ0n) is 22.8. The van der Waals surface area contributed by atoms with Crippen LogP contribution in [0.15, 0.2) is 24.7 Å². The molecule has 0 saturated carbocycles. The SMILES string of the molecule is CNC1CCN(C(=O)[C@H]2CCc3c(sc4ncnc(Nc5cc6cn[nH]c6cc5OCCN(C)C)c34)C2)CC1. The van der Waals surface area contributed by atoms with Crippen LogP contribution in [0.1, 0.15) is 29.7 Å². The van der Waals surface area contributed by atoms with Gasteiger partial charge in [0.15, 0.2) is 0 Å². The molecule has 3 aromatic heterocycles. The second kappa shape index (κ2) is 11.1. The van der Waals surface area contributed by atoms with Gasteiger partial charge in [0, 0.05) is 47.9 Å². The van der Waals surface area contributed by atoms with Crippen LogP contribution in [0.2, 0.25) is 0 Å². The lowest BCUT2D eigenvalue weighted by molar-refractivity contribution is -0.137. The van der Waals surface area contributed by atoms with Crippen molar-refractivity contribution in [2.24, 2.45) is 5.92 Å². The third kappa shape index (κ3) is 5.30. The lowest BCUT2D eigenvalue weighted by Crippen LogP contribution is -2.46. The number of nitrogens with zero attached hydrogens (tertiary/aromatic N) is 5. The summed E-state index contributed by atoms with van der Waals surface area (Å²) in [6.45, 7) is 3.07. The van der Waals surface area contributed by atoms with Gasteiger partial charge in [0.25, 0.3) is 0 Å². The van der Waals surface area contributed by atoms with Gasteiger partial charge in [-0.1, -0.05) is 0 Å². The summed E-state index contributed by atoms with van der Waals surface area (Å²) < 4.78 is 6.18. The normalized spacial score (nSPS) is 18.2. The maximum absolute atomic E-state index is 13.4. The van der Waals surface area contributed by atoms with Crippen LogP contribution >= 0.6 is 11.3 Å². The van der Waals surface area contributed by atoms with E-state index < -0.39 is 0 Å². The van der Waals surface area contributed by atoms with Crippen LogP contribution in [-0.4, -0.2) is 89.3 Å². The van der Waals surface area contributed by atoms with Crippen LogP contribution < -0.4 is 15.4 Å². The molecule has 0 unspecified atom stereocenters. The molecule has 39 heavy (non-hydrogen) atoms. The third-order valence-electron chi connectivity index (χ3n) is 8.00. The number of likely N-dealkylation sites (N-methyl/N-ethyl adjacent to an activating group) is 1. The second-order valence-corrected chi connectivity index (χ2v) is 11.9. The van der Waals surface area contributed by atoms with Gasteiger partial charge in [-0.2, -0.15) is 5.10 Å². The Bertz CT molecular complexity index is 1470. The summed E-state index contributed by atoms with van der Waals surface area (Å²) in [6, 6.07) is 4.55. The number of anilines is 2. The van der Waals surface area contributed by atoms with Gasteiger partial charge in [-0.25, -0.2) is 9.97 Å². The summed E-state index contributed by atoms with van der Waals surface area (Å²) in [5.74, 6) is 1.88. The minimum atomic E-state index is 0.0428. The van der Waals surface area contributed by atoms with Crippen molar-refractivity contribution in [2.75, 3.05) is 52.7 Å². The molecule has 1 saturated heterocycles. The summed E-state index contributed by atoms with van der Waals surface area (Å²) >= 11 is 1.70. The van der Waals surface area contributed by atoms with E-state index in [1.807, 2.05) is 39.5 Å². The highest BCUT2D eigenvalue weighted by Crippen LogP contribution is 2.42. The van der Waals surface area contributed by atoms with E-state index >= 15 is 0 Å². The number of thiophene rings is 1. The van der Waals surface area contributed by atoms with Crippen molar-refractivity contribution in [2.45, 2.75) is 38.1 Å². The highest BCUT2D eigenvalue weighted by Gasteiger charge is 2.33. The highest BCUT2D eigenvalue weighted by molar-refractivity contribution is 7.19. The predicted molar refractivity (Wildman–Crippen MR) is 155 cm³/mol. The number of aryl methyl sites for hydroxylation is 1. The smallest absolute Gasteiger partial charge is 0.226 e. The summed E-state index contributed by atoms with van der Waals surface area (Å²) in [5, 5.41) is 16.2. The van der Waals surface area contributed by atoms with Gasteiger partial charge >= 0.3 is 0 Å². The Morgan fingerprint density at radius 2 is 2.08 bits per heavy atom. The molecule has 1 aliphatic carbocycles. The van der Waals surface area contributed by atoms with Crippen molar-refractivity contribution in [3.8, 4) is 5.75 Å². The Morgan fingerprint density at radius 3 is 2.87 bits per heavy atom. The number of likely N-dealkylation sites (tertiary alicyclic amines) is 1. The maximum Gasteiger partial charge on any atom is 0.226 e. The molecule has 0 bridgehead atoms. The van der Waals surface area contributed by atoms with E-state index in [1.165, 1.54) is 10.4 Å². The lowest BCUT2D eigenvalue weighted by atomic mass is 9.86. The number of amides is 1. The Labute approximate surface area is 232 Å². The molecule has 1 atom stereocenters. The fraction of sp³-hybridized carbons (Fsp3) is 0.500. The van der Waals surface area contributed by atoms with E-state index in [0.717, 1.165) is 90.1 Å². The summed E-state index contributed by atoms with van der Waals surface area (Å²) in [4.78, 5) is 29.0. The van der Waals surface area contributed by atoms with Crippen molar-refractivity contribution in [1.29, 1.82) is 0 Å². The Morgan fingerprint density at radius 1 is 1.23 bits per heavy atom. The lowest BCUT2D eigenvalue weighted by Gasteiger charge is -2.35. The molecule has 3 N–H and O–H groups in total. The first kappa shape index (κ1) is 26.0. The van der Waals surface area contributed by atoms with Gasteiger partial charge in [-0.05, 0) is 64.9 Å². The van der Waals surface area contributed by atoms with Crippen molar-refractivity contribution >= 4 is 49.9 Å². The monoisotopic (exact) mass is 548 g/mol. The standard InChI is InChI=1S/C28H36N8O2S/c1-29-19-6-8-36(9-7-19)28(37)17-4-5-20-24(13-17)39-27-25(20)26(30-16-31-27)33-22-12-18-15-32-34-21(18)14-23(22)38-11-10-35(2)3/h12,14-17,19,29H,4-11,13H2,1-3H3,(H,32,34)(H,30,31,33)/t17-/m0/s1. The van der Waals surface area contributed by atoms with Crippen molar-refractivity contribution in [1.82, 2.24) is 35.3 Å². The number of fused-ring (bicyclic) bond motifs is 4. The fourth-order valence-corrected chi connectivity index (χ4v) is 6.98. The molecule has 1 aromatic carbocycles. The van der Waals surface area contributed by atoms with Gasteiger partial charge < -0.3 is 25.2 Å². The molecule has 2 aliphatic rings. The molecule has 4 heterocycles. The quantitative estimate of drug-likeness (QED) is 0.307. The number of aromatic amines is 1. The Hall–Kier alpha value is -3.28. The molecule has 4 aromatic rings. The molecular weight excluding hydrogens is 512 g/mol. The largest absolute Gasteiger partial charge is 0.490 e. The topological polar surface area (TPSA) is 111 Å². The van der Waals surface area contributed by atoms with Gasteiger partial charge in [0.1, 0.15) is 29.3 Å². The molecule has 0 spiro atoms. The van der Waals surface area contributed by atoms with E-state index in [2.05, 4.69) is 40.6 Å². The first-order valence-electron chi connectivity index (χ1n) is 13.7. The molecule has 1 fully saturated rings. The number of piperidine rings is 1. The van der Waals surface area contributed by atoms with Gasteiger partial charge in [-0.15, -0.1) is 11.3 Å². The van der Waals surface area contributed by atoms with E-state index in [-0.39, 0.29) is 5.92 Å². The molecule has 0 radical (unpaired) electrons. The van der Waals surface area contributed by atoms with E-state index in [9.17, 15) is 4.79 Å². The number of rotatable bonds is 8. The maximum atomic E-state index is 13.4. The van der Waals surface area contributed by atoms with Crippen LogP contribution in [-0.2, 0) is 17.6 Å². The number of ether oxygens (including phenoxy) is 1. The molecule has 1 amide bonds. The summed E-state index contributed by atoms with van der Waals surface area (Å²) in [7, 11) is 6.07. The van der Waals surface area contributed by atoms with Crippen molar-refractivity contribution < 1.29 is 9.53 Å². The van der Waals surface area contributed by atoms with Gasteiger partial charge in [-0.3, -0.25) is 9.89 Å². The zero-order chi connectivity index (χ0) is 26.9. The van der Waals surface area contributed by atoms with E-state index in [1.54, 1.807) is 17.7 Å². The Kier molecular flexibility index (Phi) is 7.37. The van der Waals surface area contributed by atoms with Crippen LogP contribution in [0, 0.1) is 5.92 Å². The second-order valence-electron chi connectivity index (χ2n) is 10.8. The number of carbonyl (C=O) groups is 1. The van der Waals surface area contributed by atoms with E-state index in [4.69, 9.17) is 4.74 Å². The highest BCUT2D eigenvalue weighted by atomic mass is 32.1. The number of nitrogens with one attached hydrogen (secondary N) is 3. The third-order valence-corrected chi connectivity index (χ3v) is 9.16. The van der Waals surface area contributed by atoms with Crippen LogP contribution in [0.25, 0.3) is 21.1 Å². The molecular formula is C28H36N8O2S. The average molecular weight is 549 g/mol. The Balaban J connectivity index is 1.25. The van der Waals surface area contributed by atoms with Crippen LogP contribution in [0.4, 0.5) is 11.5 Å². The number of aromatic nitrogens is 4. The van der Waals surface area contributed by atoms with Gasteiger partial charge in [0.2, 0.25) is 5.91 Å². The van der Waals surface area contributed by atoms with Gasteiger partial charge in [0.05, 0.1) is 22.8 Å². The number of carbonyl (C=O) groups excluding carboxylic acids is 1. The number of hydrogen-bond donors (Lipinski definition) is 3. The minimum absolute atomic E-state index is 0.0428. The predicted octanol–water partition coefficient (Wildman–Crippen LogP) is 3.57. The van der Waals surface area contributed by atoms with E-state index in [0.29, 0.717) is 18.6 Å². The number of benzene rings is 1. The van der Waals surface area contributed by atoms with Crippen LogP contribution in [0.5, 0.6) is 5.75 Å². The first-order chi connectivity index (χ1) is 19.0. The number of H-pyrrole nitrogens is 1. The fourth-order valence-electron chi connectivity index (χ4n) is 5.72. The van der Waals surface area contributed by atoms with Crippen molar-refractivity contribution in [3.05, 3.63) is 35.1 Å². The average Bonchev–Trinajstić information content (AvgIpc) is 3.56. The molecule has 1 aliphatic heterocycles. The first-order valence-corrected chi connectivity index (χ1v) is 14.5. The molecule has 6 rings (SSSR count). The molecule has 206 valence electrons. The zero-order valence-corrected chi connectivity index (χ0v) is 23.6. The minimum Gasteiger partial charge on any atom is -0.490 e. The molecule has 11 heteroatoms. The van der Waals surface area contributed by atoms with Crippen molar-refractivity contribution in [3.63, 3.8) is 0 Å².